The molecule has 0 aromatic heterocycles. The molecule has 0 aromatic carbocycles. The van der Waals surface area contributed by atoms with Gasteiger partial charge in [0.1, 0.15) is 0 Å². The summed E-state index contributed by atoms with van der Waals surface area (Å²) in [5.74, 6) is 4.84. The van der Waals surface area contributed by atoms with Crippen LogP contribution in [-0.2, 0) is 0 Å². The summed E-state index contributed by atoms with van der Waals surface area (Å²) < 4.78 is 0. The van der Waals surface area contributed by atoms with Crippen LogP contribution in [0.25, 0.3) is 0 Å². The number of hydrogen-bond acceptors (Lipinski definition) is 0. The lowest BCUT2D eigenvalue weighted by Gasteiger charge is -2.31. The predicted octanol–water partition coefficient (Wildman–Crippen LogP) is 5.54. The number of rotatable bonds is 5. The van der Waals surface area contributed by atoms with E-state index in [0.717, 1.165) is 35.5 Å². The van der Waals surface area contributed by atoms with Crippen LogP contribution in [0.3, 0.4) is 0 Å². The molecule has 1 aliphatic rings. The van der Waals surface area contributed by atoms with Crippen LogP contribution in [-0.4, -0.2) is 0 Å². The first-order valence-electron chi connectivity index (χ1n) is 7.64. The molecule has 0 amide bonds. The molecule has 0 spiro atoms. The molecule has 5 unspecified atom stereocenters. The summed E-state index contributed by atoms with van der Waals surface area (Å²) in [7, 11) is 0. The summed E-state index contributed by atoms with van der Waals surface area (Å²) in [4.78, 5) is 0. The van der Waals surface area contributed by atoms with Crippen molar-refractivity contribution in [2.45, 2.75) is 60.8 Å². The quantitative estimate of drug-likeness (QED) is 0.549. The van der Waals surface area contributed by atoms with Crippen LogP contribution >= 0.6 is 0 Å². The normalized spacial score (nSPS) is 35.6. The molecular weight excluding hydrogens is 204 g/mol. The summed E-state index contributed by atoms with van der Waals surface area (Å²) in [6, 6.07) is 0. The van der Waals surface area contributed by atoms with E-state index in [1.54, 1.807) is 5.57 Å². The minimum Gasteiger partial charge on any atom is -0.0993 e. The van der Waals surface area contributed by atoms with Crippen molar-refractivity contribution in [1.29, 1.82) is 0 Å². The Bertz CT molecular complexity index is 251. The summed E-state index contributed by atoms with van der Waals surface area (Å²) in [5.41, 5.74) is 1.57. The van der Waals surface area contributed by atoms with Crippen molar-refractivity contribution in [3.63, 3.8) is 0 Å². The van der Waals surface area contributed by atoms with Crippen molar-refractivity contribution in [3.8, 4) is 0 Å². The second-order valence-corrected chi connectivity index (χ2v) is 6.56. The maximum Gasteiger partial charge on any atom is -0.0144 e. The van der Waals surface area contributed by atoms with Gasteiger partial charge in [-0.15, -0.1) is 0 Å². The maximum atomic E-state index is 4.47. The summed E-state index contributed by atoms with van der Waals surface area (Å²) in [5, 5.41) is 0. The first-order valence-corrected chi connectivity index (χ1v) is 7.64. The van der Waals surface area contributed by atoms with Crippen LogP contribution in [0.2, 0.25) is 0 Å². The van der Waals surface area contributed by atoms with Crippen LogP contribution in [0.1, 0.15) is 60.8 Å². The average molecular weight is 236 g/mol. The molecule has 0 heterocycles. The zero-order valence-corrected chi connectivity index (χ0v) is 12.8. The molecule has 0 bridgehead atoms. The van der Waals surface area contributed by atoms with Crippen LogP contribution < -0.4 is 0 Å². The molecule has 1 rings (SSSR count). The van der Waals surface area contributed by atoms with E-state index in [-0.39, 0.29) is 0 Å². The van der Waals surface area contributed by atoms with E-state index in [1.165, 1.54) is 19.3 Å². The highest BCUT2D eigenvalue weighted by Gasteiger charge is 2.45. The van der Waals surface area contributed by atoms with E-state index in [4.69, 9.17) is 0 Å². The topological polar surface area (TPSA) is 0 Å². The fourth-order valence-corrected chi connectivity index (χ4v) is 4.46. The number of allylic oxidation sites excluding steroid dienone is 1. The third-order valence-corrected chi connectivity index (χ3v) is 5.13. The minimum atomic E-state index is 0.770. The molecule has 17 heavy (non-hydrogen) atoms. The van der Waals surface area contributed by atoms with E-state index in [9.17, 15) is 0 Å². The maximum absolute atomic E-state index is 4.47. The van der Waals surface area contributed by atoms with Gasteiger partial charge in [-0.25, -0.2) is 0 Å². The standard InChI is InChI=1S/C17H32/c1-8-10-12(5)17-14(7)15(9-2)13(6)16(17)11(3)4/h11-13,15-17H,7-10H2,1-6H3. The fraction of sp³-hybridized carbons (Fsp3) is 0.882. The third kappa shape index (κ3) is 2.77. The van der Waals surface area contributed by atoms with E-state index < -0.39 is 0 Å². The smallest absolute Gasteiger partial charge is 0.0144 e. The molecule has 0 saturated heterocycles. The van der Waals surface area contributed by atoms with Crippen LogP contribution in [0.4, 0.5) is 0 Å². The lowest BCUT2D eigenvalue weighted by atomic mass is 9.74. The van der Waals surface area contributed by atoms with Gasteiger partial charge in [0.15, 0.2) is 0 Å². The van der Waals surface area contributed by atoms with Gasteiger partial charge in [-0.05, 0) is 41.9 Å². The molecule has 0 nitrogen and oxygen atoms in total. The van der Waals surface area contributed by atoms with Crippen molar-refractivity contribution in [1.82, 2.24) is 0 Å². The highest BCUT2D eigenvalue weighted by atomic mass is 14.5. The average Bonchev–Trinajstić information content (AvgIpc) is 2.50. The molecule has 5 atom stereocenters. The van der Waals surface area contributed by atoms with Gasteiger partial charge in [0.05, 0.1) is 0 Å². The molecule has 1 fully saturated rings. The van der Waals surface area contributed by atoms with E-state index in [0.29, 0.717) is 0 Å². The van der Waals surface area contributed by atoms with Crippen molar-refractivity contribution in [2.75, 3.05) is 0 Å². The van der Waals surface area contributed by atoms with Crippen molar-refractivity contribution < 1.29 is 0 Å². The molecule has 0 radical (unpaired) electrons. The van der Waals surface area contributed by atoms with E-state index >= 15 is 0 Å². The Labute approximate surface area is 109 Å². The zero-order valence-electron chi connectivity index (χ0n) is 12.8. The molecular formula is C17H32. The van der Waals surface area contributed by atoms with Crippen LogP contribution in [0.15, 0.2) is 12.2 Å². The summed E-state index contributed by atoms with van der Waals surface area (Å²) in [6.07, 6.45) is 3.94. The third-order valence-electron chi connectivity index (χ3n) is 5.13. The second-order valence-electron chi connectivity index (χ2n) is 6.56. The van der Waals surface area contributed by atoms with Gasteiger partial charge < -0.3 is 0 Å². The number of hydrogen-bond donors (Lipinski definition) is 0. The van der Waals surface area contributed by atoms with Crippen LogP contribution in [0.5, 0.6) is 0 Å². The van der Waals surface area contributed by atoms with Crippen molar-refractivity contribution >= 4 is 0 Å². The molecule has 0 aromatic rings. The second kappa shape index (κ2) is 6.07. The fourth-order valence-electron chi connectivity index (χ4n) is 4.46. The molecule has 0 heteroatoms. The Balaban J connectivity index is 2.94. The molecule has 0 N–H and O–H groups in total. The van der Waals surface area contributed by atoms with Gasteiger partial charge in [-0.3, -0.25) is 0 Å². The minimum absolute atomic E-state index is 0.770. The predicted molar refractivity (Wildman–Crippen MR) is 78.0 cm³/mol. The first kappa shape index (κ1) is 14.8. The Hall–Kier alpha value is -0.260. The molecule has 0 aliphatic heterocycles. The van der Waals surface area contributed by atoms with E-state index in [1.807, 2.05) is 0 Å². The van der Waals surface area contributed by atoms with Gasteiger partial charge in [-0.2, -0.15) is 0 Å². The Morgan fingerprint density at radius 1 is 1.18 bits per heavy atom. The molecule has 1 aliphatic carbocycles. The summed E-state index contributed by atoms with van der Waals surface area (Å²) in [6.45, 7) is 18.8. The highest BCUT2D eigenvalue weighted by Crippen LogP contribution is 2.52. The van der Waals surface area contributed by atoms with Gasteiger partial charge in [0, 0.05) is 0 Å². The van der Waals surface area contributed by atoms with Gasteiger partial charge in [0.2, 0.25) is 0 Å². The highest BCUT2D eigenvalue weighted by molar-refractivity contribution is 5.17. The lowest BCUT2D eigenvalue weighted by molar-refractivity contribution is 0.186. The van der Waals surface area contributed by atoms with Crippen LogP contribution in [0, 0.1) is 35.5 Å². The summed E-state index contributed by atoms with van der Waals surface area (Å²) >= 11 is 0. The van der Waals surface area contributed by atoms with Gasteiger partial charge in [-0.1, -0.05) is 66.5 Å². The Morgan fingerprint density at radius 2 is 1.76 bits per heavy atom. The first-order chi connectivity index (χ1) is 7.95. The Kier molecular flexibility index (Phi) is 5.28. The molecule has 1 saturated carbocycles. The largest absolute Gasteiger partial charge is 0.0993 e. The van der Waals surface area contributed by atoms with Gasteiger partial charge in [0.25, 0.3) is 0 Å². The van der Waals surface area contributed by atoms with E-state index in [2.05, 4.69) is 48.1 Å². The van der Waals surface area contributed by atoms with Crippen molar-refractivity contribution in [2.24, 2.45) is 35.5 Å². The van der Waals surface area contributed by atoms with Gasteiger partial charge >= 0.3 is 0 Å². The zero-order chi connectivity index (χ0) is 13.2. The molecule has 100 valence electrons. The Morgan fingerprint density at radius 3 is 2.18 bits per heavy atom. The monoisotopic (exact) mass is 236 g/mol. The SMILES string of the molecule is C=C1C(CC)C(C)C(C(C)C)C1C(C)CCC. The lowest BCUT2D eigenvalue weighted by Crippen LogP contribution is -2.25. The van der Waals surface area contributed by atoms with Crippen molar-refractivity contribution in [3.05, 3.63) is 12.2 Å².